The van der Waals surface area contributed by atoms with Crippen LogP contribution in [0.5, 0.6) is 0 Å². The second kappa shape index (κ2) is 35.3. The quantitative estimate of drug-likeness (QED) is 0.0384. The Kier molecular flexibility index (Phi) is 34.3. The first kappa shape index (κ1) is 41.8. The SMILES string of the molecule is CCCCCCCCCCCCCCCCCCCC=CC=CC(O)CCCCCCCCCCC(=O)OCC(O)CO. The highest BCUT2D eigenvalue weighted by Crippen LogP contribution is 2.15. The van der Waals surface area contributed by atoms with Crippen LogP contribution in [0.15, 0.2) is 24.3 Å². The average Bonchev–Trinajstić information content (AvgIpc) is 3.01. The Labute approximate surface area is 267 Å². The van der Waals surface area contributed by atoms with Gasteiger partial charge in [-0.25, -0.2) is 0 Å². The van der Waals surface area contributed by atoms with Gasteiger partial charge < -0.3 is 20.1 Å². The zero-order valence-corrected chi connectivity index (χ0v) is 28.3. The normalized spacial score (nSPS) is 13.3. The third kappa shape index (κ3) is 35.2. The number of aliphatic hydroxyl groups excluding tert-OH is 3. The molecule has 0 radical (unpaired) electrons. The molecule has 0 fully saturated rings. The van der Waals surface area contributed by atoms with Gasteiger partial charge in [0.05, 0.1) is 12.7 Å². The third-order valence-electron chi connectivity index (χ3n) is 8.33. The van der Waals surface area contributed by atoms with Crippen LogP contribution in [-0.2, 0) is 9.53 Å². The first-order chi connectivity index (χ1) is 21.1. The van der Waals surface area contributed by atoms with Gasteiger partial charge in [-0.15, -0.1) is 0 Å². The van der Waals surface area contributed by atoms with E-state index in [1.165, 1.54) is 128 Å². The summed E-state index contributed by atoms with van der Waals surface area (Å²) in [7, 11) is 0. The highest BCUT2D eigenvalue weighted by Gasteiger charge is 2.07. The van der Waals surface area contributed by atoms with Crippen LogP contribution in [0.4, 0.5) is 0 Å². The van der Waals surface area contributed by atoms with Gasteiger partial charge in [-0.05, 0) is 25.7 Å². The summed E-state index contributed by atoms with van der Waals surface area (Å²) < 4.78 is 4.89. The first-order valence-corrected chi connectivity index (χ1v) is 18.6. The van der Waals surface area contributed by atoms with Gasteiger partial charge in [0.15, 0.2) is 0 Å². The lowest BCUT2D eigenvalue weighted by atomic mass is 10.0. The van der Waals surface area contributed by atoms with Crippen LogP contribution in [0.1, 0.15) is 187 Å². The van der Waals surface area contributed by atoms with E-state index in [9.17, 15) is 9.90 Å². The smallest absolute Gasteiger partial charge is 0.305 e. The fourth-order valence-electron chi connectivity index (χ4n) is 5.45. The van der Waals surface area contributed by atoms with Crippen LogP contribution in [0.25, 0.3) is 0 Å². The van der Waals surface area contributed by atoms with Crippen molar-refractivity contribution in [2.24, 2.45) is 0 Å². The number of esters is 1. The number of unbranched alkanes of at least 4 members (excludes halogenated alkanes) is 24. The molecule has 0 amide bonds. The summed E-state index contributed by atoms with van der Waals surface area (Å²) in [5, 5.41) is 28.0. The number of ether oxygens (including phenoxy) is 1. The van der Waals surface area contributed by atoms with Gasteiger partial charge in [0.1, 0.15) is 12.7 Å². The monoisotopic (exact) mass is 609 g/mol. The summed E-state index contributed by atoms with van der Waals surface area (Å²) in [5.74, 6) is -0.304. The highest BCUT2D eigenvalue weighted by molar-refractivity contribution is 5.69. The van der Waals surface area contributed by atoms with Gasteiger partial charge in [0.2, 0.25) is 0 Å². The lowest BCUT2D eigenvalue weighted by molar-refractivity contribution is -0.147. The van der Waals surface area contributed by atoms with E-state index in [-0.39, 0.29) is 25.3 Å². The molecule has 0 heterocycles. The molecule has 0 aliphatic rings. The lowest BCUT2D eigenvalue weighted by Gasteiger charge is -2.08. The molecular formula is C38H72O5. The van der Waals surface area contributed by atoms with E-state index in [4.69, 9.17) is 14.9 Å². The van der Waals surface area contributed by atoms with Gasteiger partial charge >= 0.3 is 5.97 Å². The van der Waals surface area contributed by atoms with Gasteiger partial charge in [-0.3, -0.25) is 4.79 Å². The van der Waals surface area contributed by atoms with Crippen molar-refractivity contribution < 1.29 is 24.9 Å². The Morgan fingerprint density at radius 2 is 1.05 bits per heavy atom. The van der Waals surface area contributed by atoms with E-state index in [1.807, 2.05) is 12.2 Å². The largest absolute Gasteiger partial charge is 0.463 e. The van der Waals surface area contributed by atoms with Crippen LogP contribution in [-0.4, -0.2) is 46.7 Å². The number of carbonyl (C=O) groups excluding carboxylic acids is 1. The molecule has 0 aromatic rings. The molecule has 0 aromatic carbocycles. The van der Waals surface area contributed by atoms with E-state index >= 15 is 0 Å². The van der Waals surface area contributed by atoms with Crippen molar-refractivity contribution in [2.45, 2.75) is 199 Å². The molecule has 0 rings (SSSR count). The Morgan fingerprint density at radius 3 is 1.53 bits per heavy atom. The highest BCUT2D eigenvalue weighted by atomic mass is 16.5. The van der Waals surface area contributed by atoms with Crippen molar-refractivity contribution >= 4 is 5.97 Å². The zero-order valence-electron chi connectivity index (χ0n) is 28.3. The fraction of sp³-hybridized carbons (Fsp3) is 0.868. The molecule has 0 aromatic heterocycles. The summed E-state index contributed by atoms with van der Waals surface area (Å²) in [6, 6.07) is 0. The second-order valence-corrected chi connectivity index (χ2v) is 12.7. The average molecular weight is 609 g/mol. The maximum Gasteiger partial charge on any atom is 0.305 e. The molecule has 2 unspecified atom stereocenters. The molecule has 0 bridgehead atoms. The molecule has 0 spiro atoms. The summed E-state index contributed by atoms with van der Waals surface area (Å²) in [4.78, 5) is 11.5. The van der Waals surface area contributed by atoms with Crippen molar-refractivity contribution in [3.63, 3.8) is 0 Å². The number of hydrogen-bond donors (Lipinski definition) is 3. The summed E-state index contributed by atoms with van der Waals surface area (Å²) in [5.41, 5.74) is 0. The van der Waals surface area contributed by atoms with Crippen molar-refractivity contribution in [3.8, 4) is 0 Å². The third-order valence-corrected chi connectivity index (χ3v) is 8.33. The molecule has 5 nitrogen and oxygen atoms in total. The van der Waals surface area contributed by atoms with Crippen molar-refractivity contribution in [1.82, 2.24) is 0 Å². The Morgan fingerprint density at radius 1 is 0.605 bits per heavy atom. The maximum atomic E-state index is 11.5. The van der Waals surface area contributed by atoms with Crippen LogP contribution in [0, 0.1) is 0 Å². The maximum absolute atomic E-state index is 11.5. The van der Waals surface area contributed by atoms with Crippen LogP contribution >= 0.6 is 0 Å². The molecule has 254 valence electrons. The molecule has 0 aliphatic heterocycles. The molecule has 43 heavy (non-hydrogen) atoms. The summed E-state index contributed by atoms with van der Waals surface area (Å²) >= 11 is 0. The Balaban J connectivity index is 3.33. The van der Waals surface area contributed by atoms with Crippen molar-refractivity contribution in [1.29, 1.82) is 0 Å². The summed E-state index contributed by atoms with van der Waals surface area (Å²) in [6.07, 6.45) is 41.9. The molecular weight excluding hydrogens is 536 g/mol. The molecule has 3 N–H and O–H groups in total. The Bertz CT molecular complexity index is 617. The van der Waals surface area contributed by atoms with Crippen LogP contribution < -0.4 is 0 Å². The van der Waals surface area contributed by atoms with Gasteiger partial charge in [-0.1, -0.05) is 179 Å². The molecule has 5 heteroatoms. The predicted molar refractivity (Wildman–Crippen MR) is 183 cm³/mol. The summed E-state index contributed by atoms with van der Waals surface area (Å²) in [6.45, 7) is 1.77. The molecule has 0 aliphatic carbocycles. The van der Waals surface area contributed by atoms with Crippen LogP contribution in [0.2, 0.25) is 0 Å². The molecule has 0 saturated heterocycles. The molecule has 0 saturated carbocycles. The van der Waals surface area contributed by atoms with Gasteiger partial charge in [0.25, 0.3) is 0 Å². The zero-order chi connectivity index (χ0) is 31.5. The van der Waals surface area contributed by atoms with Crippen molar-refractivity contribution in [2.75, 3.05) is 13.2 Å². The van der Waals surface area contributed by atoms with Crippen molar-refractivity contribution in [3.05, 3.63) is 24.3 Å². The lowest BCUT2D eigenvalue weighted by Crippen LogP contribution is -2.21. The minimum Gasteiger partial charge on any atom is -0.463 e. The topological polar surface area (TPSA) is 87.0 Å². The van der Waals surface area contributed by atoms with E-state index in [0.29, 0.717) is 6.42 Å². The Hall–Kier alpha value is -1.17. The number of hydrogen-bond acceptors (Lipinski definition) is 5. The standard InChI is InChI=1S/C38H72O5/c1-2-3-4-5-6-7-8-9-10-11-12-13-14-15-16-17-18-19-22-25-28-31-36(40)32-29-26-23-20-21-24-27-30-33-38(42)43-35-37(41)34-39/h22,25,28,31,36-37,39-41H,2-21,23-24,26-27,29-30,32-35H2,1H3. The van der Waals surface area contributed by atoms with Gasteiger partial charge in [-0.2, -0.15) is 0 Å². The number of rotatable bonds is 34. The number of carbonyl (C=O) groups is 1. The molecule has 2 atom stereocenters. The van der Waals surface area contributed by atoms with E-state index in [0.717, 1.165) is 44.9 Å². The first-order valence-electron chi connectivity index (χ1n) is 18.6. The van der Waals surface area contributed by atoms with E-state index < -0.39 is 6.10 Å². The van der Waals surface area contributed by atoms with E-state index in [2.05, 4.69) is 19.1 Å². The van der Waals surface area contributed by atoms with Crippen LogP contribution in [0.3, 0.4) is 0 Å². The number of allylic oxidation sites excluding steroid dienone is 3. The van der Waals surface area contributed by atoms with Gasteiger partial charge in [0, 0.05) is 6.42 Å². The second-order valence-electron chi connectivity index (χ2n) is 12.7. The minimum atomic E-state index is -0.980. The van der Waals surface area contributed by atoms with E-state index in [1.54, 1.807) is 0 Å². The fourth-order valence-corrected chi connectivity index (χ4v) is 5.45. The number of aliphatic hydroxyl groups is 3. The predicted octanol–water partition coefficient (Wildman–Crippen LogP) is 10.3. The minimum absolute atomic E-state index is 0.129.